The van der Waals surface area contributed by atoms with Crippen molar-refractivity contribution in [1.82, 2.24) is 0 Å². The SMILES string of the molecule is CC1C(O)OC(C(C)(O)CO)CC(O)C1O. The van der Waals surface area contributed by atoms with E-state index in [1.807, 2.05) is 0 Å². The van der Waals surface area contributed by atoms with Crippen molar-refractivity contribution in [1.29, 1.82) is 0 Å². The molecule has 6 atom stereocenters. The predicted octanol–water partition coefficient (Wildman–Crippen LogP) is -1.81. The monoisotopic (exact) mass is 236 g/mol. The molecular weight excluding hydrogens is 216 g/mol. The summed E-state index contributed by atoms with van der Waals surface area (Å²) in [5, 5.41) is 47.6. The van der Waals surface area contributed by atoms with Crippen LogP contribution in [0.4, 0.5) is 0 Å². The zero-order valence-electron chi connectivity index (χ0n) is 9.45. The second-order valence-corrected chi connectivity index (χ2v) is 4.68. The highest BCUT2D eigenvalue weighted by molar-refractivity contribution is 4.90. The van der Waals surface area contributed by atoms with E-state index < -0.39 is 42.7 Å². The van der Waals surface area contributed by atoms with Gasteiger partial charge in [-0.1, -0.05) is 6.92 Å². The normalized spacial score (nSPS) is 44.8. The first-order valence-corrected chi connectivity index (χ1v) is 5.32. The van der Waals surface area contributed by atoms with Crippen LogP contribution in [-0.2, 0) is 4.74 Å². The molecule has 1 aliphatic rings. The van der Waals surface area contributed by atoms with Crippen LogP contribution in [0.1, 0.15) is 20.3 Å². The number of aliphatic hydroxyl groups excluding tert-OH is 4. The number of hydrogen-bond acceptors (Lipinski definition) is 6. The van der Waals surface area contributed by atoms with Gasteiger partial charge in [0, 0.05) is 12.3 Å². The molecular formula is C10H20O6. The summed E-state index contributed by atoms with van der Waals surface area (Å²) in [5.74, 6) is -0.658. The third-order valence-electron chi connectivity index (χ3n) is 3.16. The lowest BCUT2D eigenvalue weighted by molar-refractivity contribution is -0.214. The van der Waals surface area contributed by atoms with Crippen molar-refractivity contribution < 1.29 is 30.3 Å². The van der Waals surface area contributed by atoms with E-state index in [2.05, 4.69) is 0 Å². The fraction of sp³-hybridized carbons (Fsp3) is 1.00. The molecule has 16 heavy (non-hydrogen) atoms. The van der Waals surface area contributed by atoms with Gasteiger partial charge in [-0.3, -0.25) is 0 Å². The second-order valence-electron chi connectivity index (χ2n) is 4.68. The Kier molecular flexibility index (Phi) is 4.28. The van der Waals surface area contributed by atoms with Crippen LogP contribution in [0.5, 0.6) is 0 Å². The zero-order valence-corrected chi connectivity index (χ0v) is 9.45. The Morgan fingerprint density at radius 1 is 1.31 bits per heavy atom. The Balaban J connectivity index is 2.83. The average molecular weight is 236 g/mol. The number of hydrogen-bond donors (Lipinski definition) is 5. The molecule has 0 amide bonds. The zero-order chi connectivity index (χ0) is 12.5. The van der Waals surface area contributed by atoms with Gasteiger partial charge in [0.1, 0.15) is 5.60 Å². The van der Waals surface area contributed by atoms with E-state index in [0.29, 0.717) is 0 Å². The topological polar surface area (TPSA) is 110 Å². The third kappa shape index (κ3) is 2.71. The van der Waals surface area contributed by atoms with Gasteiger partial charge < -0.3 is 30.3 Å². The van der Waals surface area contributed by atoms with Crippen molar-refractivity contribution in [2.75, 3.05) is 6.61 Å². The van der Waals surface area contributed by atoms with Gasteiger partial charge in [0.25, 0.3) is 0 Å². The molecule has 1 rings (SSSR count). The van der Waals surface area contributed by atoms with E-state index in [-0.39, 0.29) is 6.42 Å². The maximum Gasteiger partial charge on any atom is 0.160 e. The highest BCUT2D eigenvalue weighted by atomic mass is 16.6. The molecule has 0 radical (unpaired) electrons. The summed E-state index contributed by atoms with van der Waals surface area (Å²) in [6, 6.07) is 0. The molecule has 0 spiro atoms. The van der Waals surface area contributed by atoms with Crippen LogP contribution in [-0.4, -0.2) is 62.3 Å². The molecule has 96 valence electrons. The van der Waals surface area contributed by atoms with Gasteiger partial charge in [-0.25, -0.2) is 0 Å². The van der Waals surface area contributed by atoms with Gasteiger partial charge in [-0.15, -0.1) is 0 Å². The van der Waals surface area contributed by atoms with Crippen LogP contribution in [0.2, 0.25) is 0 Å². The molecule has 0 aromatic carbocycles. The minimum Gasteiger partial charge on any atom is -0.393 e. The van der Waals surface area contributed by atoms with Crippen LogP contribution in [0.15, 0.2) is 0 Å². The van der Waals surface area contributed by atoms with Crippen molar-refractivity contribution in [3.8, 4) is 0 Å². The molecule has 0 aliphatic carbocycles. The number of aliphatic hydroxyl groups is 5. The average Bonchev–Trinajstić information content (AvgIpc) is 2.33. The van der Waals surface area contributed by atoms with Crippen LogP contribution >= 0.6 is 0 Å². The first-order chi connectivity index (χ1) is 7.29. The lowest BCUT2D eigenvalue weighted by atomic mass is 9.92. The van der Waals surface area contributed by atoms with Crippen LogP contribution < -0.4 is 0 Å². The summed E-state index contributed by atoms with van der Waals surface area (Å²) in [6.45, 7) is 2.33. The number of ether oxygens (including phenoxy) is 1. The van der Waals surface area contributed by atoms with Gasteiger partial charge in [0.15, 0.2) is 6.29 Å². The number of rotatable bonds is 2. The molecule has 6 nitrogen and oxygen atoms in total. The Hall–Kier alpha value is -0.240. The fourth-order valence-electron chi connectivity index (χ4n) is 1.73. The molecule has 0 saturated carbocycles. The molecule has 0 aromatic heterocycles. The maximum absolute atomic E-state index is 9.80. The summed E-state index contributed by atoms with van der Waals surface area (Å²) in [5.41, 5.74) is -1.56. The molecule has 1 aliphatic heterocycles. The Labute approximate surface area is 94.1 Å². The molecule has 1 fully saturated rings. The van der Waals surface area contributed by atoms with E-state index in [4.69, 9.17) is 9.84 Å². The quantitative estimate of drug-likeness (QED) is 0.387. The minimum atomic E-state index is -1.56. The molecule has 6 heteroatoms. The molecule has 6 unspecified atom stereocenters. The molecule has 5 N–H and O–H groups in total. The van der Waals surface area contributed by atoms with Gasteiger partial charge in [-0.2, -0.15) is 0 Å². The van der Waals surface area contributed by atoms with Crippen molar-refractivity contribution in [2.45, 2.75) is 50.5 Å². The second kappa shape index (κ2) is 4.95. The summed E-state index contributed by atoms with van der Waals surface area (Å²) >= 11 is 0. The van der Waals surface area contributed by atoms with Crippen LogP contribution in [0.3, 0.4) is 0 Å². The van der Waals surface area contributed by atoms with Crippen molar-refractivity contribution >= 4 is 0 Å². The smallest absolute Gasteiger partial charge is 0.160 e. The largest absolute Gasteiger partial charge is 0.393 e. The van der Waals surface area contributed by atoms with Crippen LogP contribution in [0.25, 0.3) is 0 Å². The van der Waals surface area contributed by atoms with Gasteiger partial charge >= 0.3 is 0 Å². The predicted molar refractivity (Wildman–Crippen MR) is 54.4 cm³/mol. The van der Waals surface area contributed by atoms with Crippen molar-refractivity contribution in [3.05, 3.63) is 0 Å². The summed E-state index contributed by atoms with van der Waals surface area (Å²) in [4.78, 5) is 0. The third-order valence-corrected chi connectivity index (χ3v) is 3.16. The first-order valence-electron chi connectivity index (χ1n) is 5.32. The Morgan fingerprint density at radius 3 is 2.38 bits per heavy atom. The van der Waals surface area contributed by atoms with Gasteiger partial charge in [0.2, 0.25) is 0 Å². The van der Waals surface area contributed by atoms with E-state index in [1.54, 1.807) is 0 Å². The van der Waals surface area contributed by atoms with E-state index >= 15 is 0 Å². The maximum atomic E-state index is 9.80. The molecule has 0 aromatic rings. The standard InChI is InChI=1S/C10H20O6/c1-5-8(13)6(12)3-7(16-9(5)14)10(2,15)4-11/h5-9,11-15H,3-4H2,1-2H3. The summed E-state index contributed by atoms with van der Waals surface area (Å²) in [6.07, 6.45) is -4.47. The van der Waals surface area contributed by atoms with Crippen LogP contribution in [0, 0.1) is 5.92 Å². The minimum absolute atomic E-state index is 0.0455. The van der Waals surface area contributed by atoms with Crippen molar-refractivity contribution in [3.63, 3.8) is 0 Å². The molecule has 1 heterocycles. The summed E-state index contributed by atoms with van der Waals surface area (Å²) in [7, 11) is 0. The lowest BCUT2D eigenvalue weighted by Gasteiger charge is -2.31. The van der Waals surface area contributed by atoms with Gasteiger partial charge in [-0.05, 0) is 6.92 Å². The first kappa shape index (κ1) is 13.8. The van der Waals surface area contributed by atoms with Crippen molar-refractivity contribution in [2.24, 2.45) is 5.92 Å². The molecule has 0 bridgehead atoms. The summed E-state index contributed by atoms with van der Waals surface area (Å²) < 4.78 is 5.15. The van der Waals surface area contributed by atoms with E-state index in [9.17, 15) is 20.4 Å². The van der Waals surface area contributed by atoms with E-state index in [0.717, 1.165) is 0 Å². The molecule has 1 saturated heterocycles. The highest BCUT2D eigenvalue weighted by Gasteiger charge is 2.43. The Bertz CT molecular complexity index is 215. The lowest BCUT2D eigenvalue weighted by Crippen LogP contribution is -2.46. The highest BCUT2D eigenvalue weighted by Crippen LogP contribution is 2.28. The van der Waals surface area contributed by atoms with Gasteiger partial charge in [0.05, 0.1) is 24.9 Å². The fourth-order valence-corrected chi connectivity index (χ4v) is 1.73. The van der Waals surface area contributed by atoms with E-state index in [1.165, 1.54) is 13.8 Å². The Morgan fingerprint density at radius 2 is 1.88 bits per heavy atom.